The van der Waals surface area contributed by atoms with Gasteiger partial charge in [0.05, 0.1) is 12.8 Å². The third kappa shape index (κ3) is 5.22. The molecule has 6 heteroatoms. The molecule has 1 saturated heterocycles. The lowest BCUT2D eigenvalue weighted by molar-refractivity contribution is -0.130. The number of rotatable bonds is 9. The molecule has 2 aromatic rings. The van der Waals surface area contributed by atoms with Gasteiger partial charge in [0.2, 0.25) is 0 Å². The van der Waals surface area contributed by atoms with Crippen LogP contribution in [0.25, 0.3) is 0 Å². The van der Waals surface area contributed by atoms with Crippen LogP contribution in [0, 0.1) is 0 Å². The van der Waals surface area contributed by atoms with E-state index in [1.54, 1.807) is 6.92 Å². The van der Waals surface area contributed by atoms with E-state index in [1.807, 2.05) is 54.6 Å². The molecule has 1 N–H and O–H groups in total. The van der Waals surface area contributed by atoms with Crippen molar-refractivity contribution in [3.05, 3.63) is 65.7 Å². The van der Waals surface area contributed by atoms with Gasteiger partial charge < -0.3 is 10.1 Å². The Kier molecular flexibility index (Phi) is 6.65. The van der Waals surface area contributed by atoms with Gasteiger partial charge >= 0.3 is 6.03 Å². The predicted octanol–water partition coefficient (Wildman–Crippen LogP) is 4.14. The second kappa shape index (κ2) is 9.37. The third-order valence-electron chi connectivity index (χ3n) is 4.97. The second-order valence-electron chi connectivity index (χ2n) is 7.38. The lowest BCUT2D eigenvalue weighted by Crippen LogP contribution is -2.44. The van der Waals surface area contributed by atoms with E-state index in [9.17, 15) is 9.59 Å². The molecular formula is C23H27N3O3. The van der Waals surface area contributed by atoms with Crippen LogP contribution in [-0.4, -0.2) is 35.3 Å². The fourth-order valence-electron chi connectivity index (χ4n) is 3.09. The summed E-state index contributed by atoms with van der Waals surface area (Å²) in [6, 6.07) is 16.8. The van der Waals surface area contributed by atoms with Crippen molar-refractivity contribution in [2.45, 2.75) is 45.1 Å². The SMILES string of the molecule is CCCCOc1ccc(/C=N\N2C(=O)N[C@@](C)(CCc3ccccc3)C2=O)cc1. The van der Waals surface area contributed by atoms with Crippen molar-refractivity contribution >= 4 is 18.2 Å². The second-order valence-corrected chi connectivity index (χ2v) is 7.38. The average Bonchev–Trinajstić information content (AvgIpc) is 2.95. The maximum Gasteiger partial charge on any atom is 0.346 e. The number of nitrogens with zero attached hydrogens (tertiary/aromatic N) is 2. The van der Waals surface area contributed by atoms with Crippen LogP contribution < -0.4 is 10.1 Å². The topological polar surface area (TPSA) is 71.0 Å². The first-order valence-electron chi connectivity index (χ1n) is 9.99. The molecule has 6 nitrogen and oxygen atoms in total. The van der Waals surface area contributed by atoms with Gasteiger partial charge in [0.25, 0.3) is 5.91 Å². The zero-order chi connectivity index (χ0) is 20.7. The summed E-state index contributed by atoms with van der Waals surface area (Å²) in [5, 5.41) is 7.81. The normalized spacial score (nSPS) is 19.0. The van der Waals surface area contributed by atoms with Gasteiger partial charge in [-0.15, -0.1) is 5.01 Å². The molecule has 0 unspecified atom stereocenters. The van der Waals surface area contributed by atoms with Gasteiger partial charge in [-0.1, -0.05) is 43.7 Å². The lowest BCUT2D eigenvalue weighted by atomic mass is 9.93. The molecule has 1 aliphatic rings. The molecule has 1 aliphatic heterocycles. The molecule has 0 saturated carbocycles. The first-order valence-corrected chi connectivity index (χ1v) is 9.99. The number of ether oxygens (including phenoxy) is 1. The van der Waals surface area contributed by atoms with Gasteiger partial charge in [-0.2, -0.15) is 5.10 Å². The molecule has 3 amide bonds. The van der Waals surface area contributed by atoms with E-state index in [2.05, 4.69) is 17.3 Å². The number of nitrogens with one attached hydrogen (secondary N) is 1. The number of imide groups is 1. The average molecular weight is 393 g/mol. The van der Waals surface area contributed by atoms with Gasteiger partial charge in [-0.05, 0) is 61.6 Å². The minimum atomic E-state index is -0.957. The highest BCUT2D eigenvalue weighted by Crippen LogP contribution is 2.23. The number of benzene rings is 2. The molecule has 2 aromatic carbocycles. The molecule has 0 spiro atoms. The lowest BCUT2D eigenvalue weighted by Gasteiger charge is -2.20. The highest BCUT2D eigenvalue weighted by molar-refractivity contribution is 6.07. The number of unbranched alkanes of at least 4 members (excludes halogenated alkanes) is 1. The van der Waals surface area contributed by atoms with E-state index in [0.29, 0.717) is 19.4 Å². The van der Waals surface area contributed by atoms with Crippen molar-refractivity contribution < 1.29 is 14.3 Å². The van der Waals surface area contributed by atoms with E-state index in [1.165, 1.54) is 6.21 Å². The number of amides is 3. The molecule has 29 heavy (non-hydrogen) atoms. The molecule has 152 valence electrons. The maximum atomic E-state index is 12.8. The van der Waals surface area contributed by atoms with Crippen molar-refractivity contribution in [3.8, 4) is 5.75 Å². The van der Waals surface area contributed by atoms with Gasteiger partial charge in [0.1, 0.15) is 11.3 Å². The van der Waals surface area contributed by atoms with Crippen molar-refractivity contribution in [1.82, 2.24) is 10.3 Å². The Labute approximate surface area is 171 Å². The van der Waals surface area contributed by atoms with Crippen LogP contribution in [0.3, 0.4) is 0 Å². The Balaban J connectivity index is 1.60. The summed E-state index contributed by atoms with van der Waals surface area (Å²) >= 11 is 0. The van der Waals surface area contributed by atoms with Crippen LogP contribution in [0.2, 0.25) is 0 Å². The summed E-state index contributed by atoms with van der Waals surface area (Å²) in [4.78, 5) is 25.1. The van der Waals surface area contributed by atoms with E-state index < -0.39 is 11.6 Å². The summed E-state index contributed by atoms with van der Waals surface area (Å²) in [6.07, 6.45) is 4.81. The van der Waals surface area contributed by atoms with E-state index in [-0.39, 0.29) is 5.91 Å². The van der Waals surface area contributed by atoms with Crippen molar-refractivity contribution in [3.63, 3.8) is 0 Å². The molecule has 1 heterocycles. The Morgan fingerprint density at radius 2 is 1.83 bits per heavy atom. The summed E-state index contributed by atoms with van der Waals surface area (Å²) in [6.45, 7) is 4.55. The molecule has 1 atom stereocenters. The number of aryl methyl sites for hydroxylation is 1. The maximum absolute atomic E-state index is 12.8. The standard InChI is InChI=1S/C23H27N3O3/c1-3-4-16-29-20-12-10-19(11-13-20)17-24-26-21(27)23(2,25-22(26)28)15-14-18-8-6-5-7-9-18/h5-13,17H,3-4,14-16H2,1-2H3,(H,25,28)/b24-17-/t23-/m0/s1. The molecule has 0 bridgehead atoms. The van der Waals surface area contributed by atoms with E-state index in [0.717, 1.165) is 34.7 Å². The number of hydrazone groups is 1. The third-order valence-corrected chi connectivity index (χ3v) is 4.97. The number of carbonyl (C=O) groups is 2. The van der Waals surface area contributed by atoms with Gasteiger partial charge in [0, 0.05) is 0 Å². The van der Waals surface area contributed by atoms with Gasteiger partial charge in [-0.3, -0.25) is 4.79 Å². The highest BCUT2D eigenvalue weighted by Gasteiger charge is 2.47. The van der Waals surface area contributed by atoms with Crippen molar-refractivity contribution in [1.29, 1.82) is 0 Å². The zero-order valence-corrected chi connectivity index (χ0v) is 16.9. The predicted molar refractivity (Wildman–Crippen MR) is 113 cm³/mol. The first kappa shape index (κ1) is 20.6. The summed E-state index contributed by atoms with van der Waals surface area (Å²) < 4.78 is 5.63. The van der Waals surface area contributed by atoms with Crippen LogP contribution in [0.15, 0.2) is 59.7 Å². The Bertz CT molecular complexity index is 865. The number of urea groups is 1. The summed E-state index contributed by atoms with van der Waals surface area (Å²) in [5.41, 5.74) is 0.951. The molecule has 0 radical (unpaired) electrons. The largest absolute Gasteiger partial charge is 0.494 e. The van der Waals surface area contributed by atoms with E-state index >= 15 is 0 Å². The zero-order valence-electron chi connectivity index (χ0n) is 16.9. The fourth-order valence-corrected chi connectivity index (χ4v) is 3.09. The van der Waals surface area contributed by atoms with Crippen LogP contribution in [0.1, 0.15) is 44.2 Å². The minimum absolute atomic E-state index is 0.339. The Morgan fingerprint density at radius 3 is 2.52 bits per heavy atom. The number of hydrogen-bond donors (Lipinski definition) is 1. The number of hydrogen-bond acceptors (Lipinski definition) is 4. The quantitative estimate of drug-likeness (QED) is 0.395. The van der Waals surface area contributed by atoms with Crippen LogP contribution in [0.5, 0.6) is 5.75 Å². The smallest absolute Gasteiger partial charge is 0.346 e. The number of carbonyl (C=O) groups excluding carboxylic acids is 2. The Hall–Kier alpha value is -3.15. The molecular weight excluding hydrogens is 366 g/mol. The molecule has 0 aromatic heterocycles. The van der Waals surface area contributed by atoms with Gasteiger partial charge in [0.15, 0.2) is 0 Å². The molecule has 0 aliphatic carbocycles. The van der Waals surface area contributed by atoms with Crippen molar-refractivity contribution in [2.75, 3.05) is 6.61 Å². The van der Waals surface area contributed by atoms with Crippen molar-refractivity contribution in [2.24, 2.45) is 5.10 Å². The Morgan fingerprint density at radius 1 is 1.10 bits per heavy atom. The monoisotopic (exact) mass is 393 g/mol. The first-order chi connectivity index (χ1) is 14.0. The molecule has 3 rings (SSSR count). The van der Waals surface area contributed by atoms with E-state index in [4.69, 9.17) is 4.74 Å². The molecule has 1 fully saturated rings. The highest BCUT2D eigenvalue weighted by atomic mass is 16.5. The van der Waals surface area contributed by atoms with Crippen LogP contribution >= 0.6 is 0 Å². The van der Waals surface area contributed by atoms with Crippen LogP contribution in [-0.2, 0) is 11.2 Å². The summed E-state index contributed by atoms with van der Waals surface area (Å²) in [5.74, 6) is 0.452. The van der Waals surface area contributed by atoms with Gasteiger partial charge in [-0.25, -0.2) is 4.79 Å². The fraction of sp³-hybridized carbons (Fsp3) is 0.348. The minimum Gasteiger partial charge on any atom is -0.494 e. The summed E-state index contributed by atoms with van der Waals surface area (Å²) in [7, 11) is 0. The van der Waals surface area contributed by atoms with Crippen LogP contribution in [0.4, 0.5) is 4.79 Å².